The maximum absolute atomic E-state index is 5.55. The van der Waals surface area contributed by atoms with Gasteiger partial charge >= 0.3 is 0 Å². The van der Waals surface area contributed by atoms with Crippen molar-refractivity contribution in [3.05, 3.63) is 47.5 Å². The van der Waals surface area contributed by atoms with Gasteiger partial charge < -0.3 is 4.74 Å². The smallest absolute Gasteiger partial charge is 0.138 e. The Kier molecular flexibility index (Phi) is 4.11. The summed E-state index contributed by atoms with van der Waals surface area (Å²) in [7, 11) is 0. The molecule has 1 aromatic carbocycles. The van der Waals surface area contributed by atoms with Crippen LogP contribution >= 0.6 is 0 Å². The minimum atomic E-state index is 0.587. The van der Waals surface area contributed by atoms with Gasteiger partial charge in [0, 0.05) is 19.6 Å². The predicted octanol–water partition coefficient (Wildman–Crippen LogP) is 2.60. The van der Waals surface area contributed by atoms with Gasteiger partial charge in [0.15, 0.2) is 0 Å². The monoisotopic (exact) mass is 271 g/mol. The third kappa shape index (κ3) is 3.07. The van der Waals surface area contributed by atoms with E-state index in [1.165, 1.54) is 17.5 Å². The van der Waals surface area contributed by atoms with Crippen LogP contribution < -0.4 is 0 Å². The maximum Gasteiger partial charge on any atom is 0.138 e. The van der Waals surface area contributed by atoms with Gasteiger partial charge in [-0.2, -0.15) is 5.10 Å². The second-order valence-electron chi connectivity index (χ2n) is 5.55. The molecule has 4 nitrogen and oxygen atoms in total. The predicted molar refractivity (Wildman–Crippen MR) is 77.6 cm³/mol. The summed E-state index contributed by atoms with van der Waals surface area (Å²) in [5.41, 5.74) is 2.61. The minimum absolute atomic E-state index is 0.587. The Morgan fingerprint density at radius 1 is 1.35 bits per heavy atom. The highest BCUT2D eigenvalue weighted by molar-refractivity contribution is 5.25. The average Bonchev–Trinajstić information content (AvgIpc) is 2.90. The van der Waals surface area contributed by atoms with Crippen molar-refractivity contribution in [3.63, 3.8) is 0 Å². The molecule has 20 heavy (non-hydrogen) atoms. The number of hydrogen-bond donors (Lipinski definition) is 0. The lowest BCUT2D eigenvalue weighted by Crippen LogP contribution is -2.21. The first-order valence-corrected chi connectivity index (χ1v) is 7.32. The van der Waals surface area contributed by atoms with E-state index in [1.54, 1.807) is 6.33 Å². The molecule has 0 spiro atoms. The lowest BCUT2D eigenvalue weighted by molar-refractivity contribution is 0.0539. The molecule has 1 aliphatic rings. The van der Waals surface area contributed by atoms with Crippen LogP contribution in [0.2, 0.25) is 0 Å². The van der Waals surface area contributed by atoms with Crippen LogP contribution in [0.3, 0.4) is 0 Å². The first-order valence-electron chi connectivity index (χ1n) is 7.32. The van der Waals surface area contributed by atoms with Crippen molar-refractivity contribution in [2.45, 2.75) is 32.7 Å². The standard InChI is InChI=1S/C16H21N3O/c1-13-5-2-3-7-15(13)10-19-16(17-12-18-19)9-14-6-4-8-20-11-14/h2-3,5,7,12,14H,4,6,8-11H2,1H3/t14-/m1/s1. The van der Waals surface area contributed by atoms with Crippen LogP contribution in [0.25, 0.3) is 0 Å². The van der Waals surface area contributed by atoms with Crippen LogP contribution in [-0.2, 0) is 17.7 Å². The fourth-order valence-electron chi connectivity index (χ4n) is 2.75. The lowest BCUT2D eigenvalue weighted by atomic mass is 9.98. The van der Waals surface area contributed by atoms with Crippen LogP contribution in [-0.4, -0.2) is 28.0 Å². The van der Waals surface area contributed by atoms with E-state index in [1.807, 2.05) is 4.68 Å². The molecule has 0 bridgehead atoms. The highest BCUT2D eigenvalue weighted by Gasteiger charge is 2.17. The normalized spacial score (nSPS) is 19.1. The quantitative estimate of drug-likeness (QED) is 0.858. The van der Waals surface area contributed by atoms with Crippen molar-refractivity contribution in [1.82, 2.24) is 14.8 Å². The van der Waals surface area contributed by atoms with Crippen molar-refractivity contribution in [2.24, 2.45) is 5.92 Å². The summed E-state index contributed by atoms with van der Waals surface area (Å²) in [6.07, 6.45) is 5.02. The van der Waals surface area contributed by atoms with E-state index < -0.39 is 0 Å². The molecule has 4 heteroatoms. The van der Waals surface area contributed by atoms with Crippen LogP contribution in [0.5, 0.6) is 0 Å². The first kappa shape index (κ1) is 13.3. The molecule has 3 rings (SSSR count). The zero-order valence-electron chi connectivity index (χ0n) is 12.0. The van der Waals surface area contributed by atoms with Crippen LogP contribution in [0, 0.1) is 12.8 Å². The number of nitrogens with zero attached hydrogens (tertiary/aromatic N) is 3. The SMILES string of the molecule is Cc1ccccc1Cn1ncnc1C[C@H]1CCCOC1. The van der Waals surface area contributed by atoms with E-state index in [2.05, 4.69) is 41.3 Å². The Morgan fingerprint density at radius 2 is 2.25 bits per heavy atom. The summed E-state index contributed by atoms with van der Waals surface area (Å²) in [4.78, 5) is 4.43. The van der Waals surface area contributed by atoms with E-state index in [0.29, 0.717) is 5.92 Å². The molecule has 1 fully saturated rings. The number of aryl methyl sites for hydroxylation is 1. The van der Waals surface area contributed by atoms with E-state index in [-0.39, 0.29) is 0 Å². The summed E-state index contributed by atoms with van der Waals surface area (Å²) in [6, 6.07) is 8.44. The topological polar surface area (TPSA) is 39.9 Å². The molecule has 2 heterocycles. The fourth-order valence-corrected chi connectivity index (χ4v) is 2.75. The van der Waals surface area contributed by atoms with Gasteiger partial charge in [0.25, 0.3) is 0 Å². The van der Waals surface area contributed by atoms with E-state index >= 15 is 0 Å². The number of benzene rings is 1. The molecule has 106 valence electrons. The lowest BCUT2D eigenvalue weighted by Gasteiger charge is -2.21. The van der Waals surface area contributed by atoms with Crippen LogP contribution in [0.15, 0.2) is 30.6 Å². The number of aromatic nitrogens is 3. The van der Waals surface area contributed by atoms with Gasteiger partial charge in [0.1, 0.15) is 12.2 Å². The minimum Gasteiger partial charge on any atom is -0.381 e. The Hall–Kier alpha value is -1.68. The molecule has 0 radical (unpaired) electrons. The third-order valence-corrected chi connectivity index (χ3v) is 4.00. The molecule has 0 N–H and O–H groups in total. The summed E-state index contributed by atoms with van der Waals surface area (Å²) in [6.45, 7) is 4.71. The third-order valence-electron chi connectivity index (χ3n) is 4.00. The Balaban J connectivity index is 1.71. The largest absolute Gasteiger partial charge is 0.381 e. The Labute approximate surface area is 119 Å². The fraction of sp³-hybridized carbons (Fsp3) is 0.500. The zero-order chi connectivity index (χ0) is 13.8. The number of rotatable bonds is 4. The van der Waals surface area contributed by atoms with Crippen molar-refractivity contribution in [1.29, 1.82) is 0 Å². The second-order valence-corrected chi connectivity index (χ2v) is 5.55. The van der Waals surface area contributed by atoms with E-state index in [0.717, 1.165) is 38.4 Å². The van der Waals surface area contributed by atoms with Gasteiger partial charge in [-0.05, 0) is 36.8 Å². The average molecular weight is 271 g/mol. The summed E-state index contributed by atoms with van der Waals surface area (Å²) in [5.74, 6) is 1.66. The van der Waals surface area contributed by atoms with Crippen molar-refractivity contribution in [2.75, 3.05) is 13.2 Å². The molecule has 0 amide bonds. The molecule has 0 unspecified atom stereocenters. The Morgan fingerprint density at radius 3 is 3.05 bits per heavy atom. The highest BCUT2D eigenvalue weighted by atomic mass is 16.5. The van der Waals surface area contributed by atoms with Gasteiger partial charge in [0.05, 0.1) is 6.54 Å². The molecular formula is C16H21N3O. The molecule has 1 atom stereocenters. The van der Waals surface area contributed by atoms with Crippen molar-refractivity contribution in [3.8, 4) is 0 Å². The van der Waals surface area contributed by atoms with Gasteiger partial charge in [-0.1, -0.05) is 24.3 Å². The molecule has 2 aromatic rings. The first-order chi connectivity index (χ1) is 9.83. The van der Waals surface area contributed by atoms with Gasteiger partial charge in [-0.15, -0.1) is 0 Å². The maximum atomic E-state index is 5.55. The molecule has 1 aliphatic heterocycles. The van der Waals surface area contributed by atoms with Gasteiger partial charge in [-0.25, -0.2) is 9.67 Å². The highest BCUT2D eigenvalue weighted by Crippen LogP contribution is 2.18. The molecular weight excluding hydrogens is 250 g/mol. The van der Waals surface area contributed by atoms with E-state index in [9.17, 15) is 0 Å². The van der Waals surface area contributed by atoms with Crippen molar-refractivity contribution >= 4 is 0 Å². The van der Waals surface area contributed by atoms with Gasteiger partial charge in [-0.3, -0.25) is 0 Å². The van der Waals surface area contributed by atoms with Crippen LogP contribution in [0.1, 0.15) is 29.8 Å². The van der Waals surface area contributed by atoms with Crippen LogP contribution in [0.4, 0.5) is 0 Å². The number of ether oxygens (including phenoxy) is 1. The second kappa shape index (κ2) is 6.18. The van der Waals surface area contributed by atoms with Gasteiger partial charge in [0.2, 0.25) is 0 Å². The molecule has 1 aromatic heterocycles. The molecule has 0 saturated carbocycles. The zero-order valence-corrected chi connectivity index (χ0v) is 12.0. The van der Waals surface area contributed by atoms with E-state index in [4.69, 9.17) is 4.74 Å². The summed E-state index contributed by atoms with van der Waals surface area (Å²) in [5, 5.41) is 4.38. The Bertz CT molecular complexity index is 558. The molecule has 0 aliphatic carbocycles. The summed E-state index contributed by atoms with van der Waals surface area (Å²) >= 11 is 0. The number of hydrogen-bond acceptors (Lipinski definition) is 3. The summed E-state index contributed by atoms with van der Waals surface area (Å²) < 4.78 is 7.58. The molecule has 1 saturated heterocycles. The van der Waals surface area contributed by atoms with Crippen molar-refractivity contribution < 1.29 is 4.74 Å².